The lowest BCUT2D eigenvalue weighted by Gasteiger charge is -2.08. The highest BCUT2D eigenvalue weighted by molar-refractivity contribution is 5.88. The van der Waals surface area contributed by atoms with Crippen molar-refractivity contribution < 1.29 is 23.1 Å². The van der Waals surface area contributed by atoms with Crippen molar-refractivity contribution in [2.24, 2.45) is 0 Å². The van der Waals surface area contributed by atoms with Gasteiger partial charge in [0, 0.05) is 18.7 Å². The number of carbonyl (C=O) groups is 1. The van der Waals surface area contributed by atoms with Crippen LogP contribution in [0.15, 0.2) is 24.3 Å². The fourth-order valence-electron chi connectivity index (χ4n) is 1.28. The van der Waals surface area contributed by atoms with Crippen LogP contribution in [0.3, 0.4) is 0 Å². The number of hydrogen-bond acceptors (Lipinski definition) is 2. The number of benzene rings is 1. The van der Waals surface area contributed by atoms with Gasteiger partial charge in [-0.2, -0.15) is 13.2 Å². The van der Waals surface area contributed by atoms with Gasteiger partial charge in [0.15, 0.2) is 0 Å². The number of aromatic carboxylic acids is 1. The van der Waals surface area contributed by atoms with Gasteiger partial charge in [0.05, 0.1) is 5.56 Å². The number of carboxylic acid groups (broad SMARTS) is 1. The minimum absolute atomic E-state index is 0.0409. The van der Waals surface area contributed by atoms with Crippen LogP contribution in [0.1, 0.15) is 23.2 Å². The zero-order valence-electron chi connectivity index (χ0n) is 8.92. The predicted molar refractivity (Wildman–Crippen MR) is 57.2 cm³/mol. The molecule has 0 bridgehead atoms. The first-order valence-electron chi connectivity index (χ1n) is 5.02. The molecule has 0 heterocycles. The third-order valence-electron chi connectivity index (χ3n) is 2.08. The van der Waals surface area contributed by atoms with Crippen molar-refractivity contribution in [2.45, 2.75) is 19.0 Å². The average molecular weight is 247 g/mol. The first kappa shape index (κ1) is 13.3. The monoisotopic (exact) mass is 247 g/mol. The molecule has 0 aromatic heterocycles. The van der Waals surface area contributed by atoms with Crippen LogP contribution in [0.4, 0.5) is 18.9 Å². The molecule has 1 rings (SSSR count). The van der Waals surface area contributed by atoms with Crippen molar-refractivity contribution in [3.63, 3.8) is 0 Å². The lowest BCUT2D eigenvalue weighted by molar-refractivity contribution is -0.134. The molecule has 0 radical (unpaired) electrons. The van der Waals surface area contributed by atoms with Gasteiger partial charge in [-0.15, -0.1) is 0 Å². The molecular weight excluding hydrogens is 235 g/mol. The Labute approximate surface area is 96.3 Å². The van der Waals surface area contributed by atoms with Crippen LogP contribution in [0.25, 0.3) is 0 Å². The number of carboxylic acids is 1. The largest absolute Gasteiger partial charge is 0.478 e. The number of alkyl halides is 3. The first-order valence-corrected chi connectivity index (χ1v) is 5.02. The lowest BCUT2D eigenvalue weighted by atomic mass is 10.2. The van der Waals surface area contributed by atoms with Crippen molar-refractivity contribution >= 4 is 11.7 Å². The van der Waals surface area contributed by atoms with Gasteiger partial charge >= 0.3 is 12.1 Å². The van der Waals surface area contributed by atoms with Gasteiger partial charge in [0.2, 0.25) is 0 Å². The summed E-state index contributed by atoms with van der Waals surface area (Å²) in [6.07, 6.45) is -5.04. The van der Waals surface area contributed by atoms with Crippen molar-refractivity contribution in [3.05, 3.63) is 29.8 Å². The van der Waals surface area contributed by atoms with E-state index < -0.39 is 18.6 Å². The Bertz CT molecular complexity index is 391. The molecule has 0 unspecified atom stereocenters. The maximum Gasteiger partial charge on any atom is 0.389 e. The predicted octanol–water partition coefficient (Wildman–Crippen LogP) is 3.14. The zero-order chi connectivity index (χ0) is 12.9. The molecule has 17 heavy (non-hydrogen) atoms. The van der Waals surface area contributed by atoms with E-state index in [9.17, 15) is 18.0 Å². The van der Waals surface area contributed by atoms with Crippen LogP contribution in [0, 0.1) is 0 Å². The fraction of sp³-hybridized carbons (Fsp3) is 0.364. The molecule has 0 amide bonds. The standard InChI is InChI=1S/C11H12F3NO2/c12-11(13,14)5-2-6-15-9-4-1-3-8(7-9)10(16)17/h1,3-4,7,15H,2,5-6H2,(H,16,17). The van der Waals surface area contributed by atoms with E-state index >= 15 is 0 Å². The lowest BCUT2D eigenvalue weighted by Crippen LogP contribution is -2.11. The second-order valence-corrected chi connectivity index (χ2v) is 3.53. The second-order valence-electron chi connectivity index (χ2n) is 3.53. The molecule has 6 heteroatoms. The van der Waals surface area contributed by atoms with Crippen molar-refractivity contribution in [3.8, 4) is 0 Å². The van der Waals surface area contributed by atoms with Crippen LogP contribution >= 0.6 is 0 Å². The first-order chi connectivity index (χ1) is 7.88. The molecule has 0 spiro atoms. The van der Waals surface area contributed by atoms with Crippen molar-refractivity contribution in [2.75, 3.05) is 11.9 Å². The smallest absolute Gasteiger partial charge is 0.389 e. The summed E-state index contributed by atoms with van der Waals surface area (Å²) >= 11 is 0. The van der Waals surface area contributed by atoms with E-state index in [2.05, 4.69) is 5.32 Å². The Morgan fingerprint density at radius 2 is 2.06 bits per heavy atom. The van der Waals surface area contributed by atoms with Crippen LogP contribution in [-0.2, 0) is 0 Å². The fourth-order valence-corrected chi connectivity index (χ4v) is 1.28. The molecule has 2 N–H and O–H groups in total. The van der Waals surface area contributed by atoms with Crippen molar-refractivity contribution in [1.29, 1.82) is 0 Å². The van der Waals surface area contributed by atoms with E-state index in [4.69, 9.17) is 5.11 Å². The Balaban J connectivity index is 2.42. The third-order valence-corrected chi connectivity index (χ3v) is 2.08. The van der Waals surface area contributed by atoms with E-state index in [1.54, 1.807) is 6.07 Å². The van der Waals surface area contributed by atoms with Gasteiger partial charge in [0.25, 0.3) is 0 Å². The van der Waals surface area contributed by atoms with Gasteiger partial charge in [0.1, 0.15) is 0 Å². The maximum atomic E-state index is 11.8. The quantitative estimate of drug-likeness (QED) is 0.786. The minimum Gasteiger partial charge on any atom is -0.478 e. The highest BCUT2D eigenvalue weighted by Gasteiger charge is 2.25. The Morgan fingerprint density at radius 1 is 1.35 bits per heavy atom. The maximum absolute atomic E-state index is 11.8. The van der Waals surface area contributed by atoms with Crippen molar-refractivity contribution in [1.82, 2.24) is 0 Å². The molecule has 3 nitrogen and oxygen atoms in total. The average Bonchev–Trinajstić information content (AvgIpc) is 2.23. The van der Waals surface area contributed by atoms with E-state index in [0.717, 1.165) is 0 Å². The molecule has 0 aliphatic heterocycles. The summed E-state index contributed by atoms with van der Waals surface area (Å²) in [7, 11) is 0. The molecule has 0 saturated heterocycles. The summed E-state index contributed by atoms with van der Waals surface area (Å²) in [6, 6.07) is 5.95. The topological polar surface area (TPSA) is 49.3 Å². The Hall–Kier alpha value is -1.72. The highest BCUT2D eigenvalue weighted by Crippen LogP contribution is 2.21. The molecule has 0 aliphatic carbocycles. The molecule has 0 saturated carbocycles. The zero-order valence-corrected chi connectivity index (χ0v) is 8.92. The van der Waals surface area contributed by atoms with Crippen LogP contribution in [0.5, 0.6) is 0 Å². The number of anilines is 1. The van der Waals surface area contributed by atoms with E-state index in [-0.39, 0.29) is 18.5 Å². The summed E-state index contributed by atoms with van der Waals surface area (Å²) in [5.41, 5.74) is 0.609. The summed E-state index contributed by atoms with van der Waals surface area (Å²) in [5.74, 6) is -1.07. The second kappa shape index (κ2) is 5.56. The van der Waals surface area contributed by atoms with Gasteiger partial charge < -0.3 is 10.4 Å². The van der Waals surface area contributed by atoms with Gasteiger partial charge in [-0.1, -0.05) is 6.07 Å². The number of rotatable bonds is 5. The van der Waals surface area contributed by atoms with Crippen LogP contribution in [0.2, 0.25) is 0 Å². The van der Waals surface area contributed by atoms with Gasteiger partial charge in [-0.25, -0.2) is 4.79 Å². The Morgan fingerprint density at radius 3 is 2.65 bits per heavy atom. The van der Waals surface area contributed by atoms with Crippen LogP contribution in [-0.4, -0.2) is 23.8 Å². The molecule has 0 fully saturated rings. The number of nitrogens with one attached hydrogen (secondary N) is 1. The summed E-state index contributed by atoms with van der Waals surface area (Å²) in [5, 5.41) is 11.5. The summed E-state index contributed by atoms with van der Waals surface area (Å²) < 4.78 is 35.5. The van der Waals surface area contributed by atoms with Crippen LogP contribution < -0.4 is 5.32 Å². The van der Waals surface area contributed by atoms with Gasteiger partial charge in [-0.05, 0) is 24.6 Å². The Kier molecular flexibility index (Phi) is 4.37. The molecule has 1 aromatic rings. The normalized spacial score (nSPS) is 11.2. The van der Waals surface area contributed by atoms with E-state index in [1.165, 1.54) is 18.2 Å². The highest BCUT2D eigenvalue weighted by atomic mass is 19.4. The summed E-state index contributed by atoms with van der Waals surface area (Å²) in [4.78, 5) is 10.6. The SMILES string of the molecule is O=C(O)c1cccc(NCCCC(F)(F)F)c1. The number of halogens is 3. The summed E-state index contributed by atoms with van der Waals surface area (Å²) in [6.45, 7) is 0.155. The number of hydrogen-bond donors (Lipinski definition) is 2. The minimum atomic E-state index is -4.15. The molecular formula is C11H12F3NO2. The third kappa shape index (κ3) is 5.24. The van der Waals surface area contributed by atoms with E-state index in [0.29, 0.717) is 5.69 Å². The molecule has 94 valence electrons. The van der Waals surface area contributed by atoms with Gasteiger partial charge in [-0.3, -0.25) is 0 Å². The molecule has 0 atom stereocenters. The molecule has 0 aliphatic rings. The molecule has 1 aromatic carbocycles. The van der Waals surface area contributed by atoms with E-state index in [1.807, 2.05) is 0 Å².